The van der Waals surface area contributed by atoms with Gasteiger partial charge in [0.2, 0.25) is 0 Å². The van der Waals surface area contributed by atoms with Crippen molar-refractivity contribution in [1.82, 2.24) is 0 Å². The fourth-order valence-corrected chi connectivity index (χ4v) is 2.19. The summed E-state index contributed by atoms with van der Waals surface area (Å²) in [7, 11) is 0. The number of carboxylic acids is 1. The maximum atomic E-state index is 10.4. The van der Waals surface area contributed by atoms with Crippen LogP contribution in [0.1, 0.15) is 58.3 Å². The molecule has 2 atom stereocenters. The summed E-state index contributed by atoms with van der Waals surface area (Å²) in [5, 5.41) is 26.1. The van der Waals surface area contributed by atoms with Crippen LogP contribution in [-0.2, 0) is 14.6 Å². The second-order valence-corrected chi connectivity index (χ2v) is 5.93. The Labute approximate surface area is 156 Å². The average Bonchev–Trinajstić information content (AvgIpc) is 2.63. The Kier molecular flexibility index (Phi) is 16.9. The Morgan fingerprint density at radius 2 is 1.42 bits per heavy atom. The minimum atomic E-state index is -0.857. The van der Waals surface area contributed by atoms with Crippen molar-refractivity contribution in [2.45, 2.75) is 70.5 Å². The molecule has 2 unspecified atom stereocenters. The van der Waals surface area contributed by atoms with Crippen molar-refractivity contribution >= 4 is 5.97 Å². The summed E-state index contributed by atoms with van der Waals surface area (Å²) >= 11 is 0. The summed E-state index contributed by atoms with van der Waals surface area (Å²) < 4.78 is 0. The highest BCUT2D eigenvalue weighted by Gasteiger charge is 2.05. The summed E-state index contributed by atoms with van der Waals surface area (Å²) in [5.41, 5.74) is 0. The summed E-state index contributed by atoms with van der Waals surface area (Å²) in [4.78, 5) is 19.1. The van der Waals surface area contributed by atoms with E-state index in [4.69, 9.17) is 15.6 Å². The molecule has 0 aromatic carbocycles. The molecule has 3 N–H and O–H groups in total. The average molecular weight is 368 g/mol. The van der Waals surface area contributed by atoms with Gasteiger partial charge in [0.15, 0.2) is 0 Å². The molecule has 0 saturated carbocycles. The van der Waals surface area contributed by atoms with E-state index in [2.05, 4.69) is 16.7 Å². The lowest BCUT2D eigenvalue weighted by Crippen LogP contribution is -2.08. The molecule has 0 bridgehead atoms. The van der Waals surface area contributed by atoms with Gasteiger partial charge in [0.25, 0.3) is 0 Å². The molecule has 0 fully saturated rings. The van der Waals surface area contributed by atoms with Crippen LogP contribution in [0, 0.1) is 0 Å². The molecule has 0 heterocycles. The van der Waals surface area contributed by atoms with Gasteiger partial charge in [-0.3, -0.25) is 15.3 Å². The van der Waals surface area contributed by atoms with Crippen LogP contribution in [0.5, 0.6) is 0 Å². The first-order chi connectivity index (χ1) is 12.6. The van der Waals surface area contributed by atoms with Crippen LogP contribution in [0.4, 0.5) is 0 Å². The van der Waals surface area contributed by atoms with Crippen LogP contribution in [0.15, 0.2) is 48.6 Å². The quantitative estimate of drug-likeness (QED) is 0.151. The third kappa shape index (κ3) is 15.8. The number of hydrogen-bond acceptors (Lipinski definition) is 5. The third-order valence-corrected chi connectivity index (χ3v) is 3.66. The Morgan fingerprint density at radius 3 is 1.88 bits per heavy atom. The van der Waals surface area contributed by atoms with Gasteiger partial charge < -0.3 is 5.11 Å². The van der Waals surface area contributed by atoms with Gasteiger partial charge in [-0.1, -0.05) is 74.8 Å². The zero-order valence-electron chi connectivity index (χ0n) is 15.5. The summed E-state index contributed by atoms with van der Waals surface area (Å²) in [6.45, 7) is 2.13. The monoisotopic (exact) mass is 368 g/mol. The summed E-state index contributed by atoms with van der Waals surface area (Å²) in [6, 6.07) is 0. The number of carboxylic acid groups (broad SMARTS) is 1. The van der Waals surface area contributed by atoms with E-state index in [-0.39, 0.29) is 12.5 Å². The van der Waals surface area contributed by atoms with Gasteiger partial charge in [-0.15, -0.1) is 0 Å². The molecule has 0 amide bonds. The number of hydrogen-bond donors (Lipinski definition) is 3. The molecule has 0 spiro atoms. The second kappa shape index (κ2) is 18.1. The molecular formula is C20H32O6. The van der Waals surface area contributed by atoms with Gasteiger partial charge in [0.1, 0.15) is 12.2 Å². The SMILES string of the molecule is CCCCCC(/C=C/C=C\C/C=C\C=C\C(CCCC(=O)O)OO)OO. The van der Waals surface area contributed by atoms with Crippen molar-refractivity contribution in [3.05, 3.63) is 48.6 Å². The zero-order valence-corrected chi connectivity index (χ0v) is 15.5. The molecular weight excluding hydrogens is 336 g/mol. The smallest absolute Gasteiger partial charge is 0.303 e. The van der Waals surface area contributed by atoms with E-state index in [9.17, 15) is 4.79 Å². The molecule has 0 saturated heterocycles. The third-order valence-electron chi connectivity index (χ3n) is 3.66. The molecule has 0 aliphatic rings. The van der Waals surface area contributed by atoms with Gasteiger partial charge in [-0.25, -0.2) is 9.78 Å². The lowest BCUT2D eigenvalue weighted by atomic mass is 10.1. The number of unbranched alkanes of at least 4 members (excludes halogenated alkanes) is 2. The van der Waals surface area contributed by atoms with E-state index >= 15 is 0 Å². The molecule has 0 aromatic heterocycles. The van der Waals surface area contributed by atoms with Crippen LogP contribution in [-0.4, -0.2) is 33.8 Å². The molecule has 0 aliphatic carbocycles. The highest BCUT2D eigenvalue weighted by molar-refractivity contribution is 5.66. The van der Waals surface area contributed by atoms with Gasteiger partial charge in [-0.05, 0) is 25.7 Å². The zero-order chi connectivity index (χ0) is 19.5. The molecule has 6 nitrogen and oxygen atoms in total. The van der Waals surface area contributed by atoms with Crippen molar-refractivity contribution < 1.29 is 30.2 Å². The number of carbonyl (C=O) groups is 1. The minimum absolute atomic E-state index is 0.0582. The largest absolute Gasteiger partial charge is 0.481 e. The molecule has 148 valence electrons. The van der Waals surface area contributed by atoms with Crippen LogP contribution in [0.2, 0.25) is 0 Å². The standard InChI is InChI=1S/C20H32O6/c1-2-3-9-13-18(25-23)14-10-7-5-4-6-8-11-15-19(26-24)16-12-17-20(21)22/h5-8,10-11,14-15,18-19,23-24H,2-4,9,12-13,16-17H2,1H3,(H,21,22)/b7-5-,8-6-,14-10+,15-11+. The second-order valence-electron chi connectivity index (χ2n) is 5.93. The normalized spacial score (nSPS) is 14.9. The molecule has 0 rings (SSSR count). The van der Waals surface area contributed by atoms with Crippen LogP contribution >= 0.6 is 0 Å². The van der Waals surface area contributed by atoms with Crippen molar-refractivity contribution in [1.29, 1.82) is 0 Å². The van der Waals surface area contributed by atoms with Gasteiger partial charge in [-0.2, -0.15) is 0 Å². The van der Waals surface area contributed by atoms with Gasteiger partial charge in [0.05, 0.1) is 0 Å². The Morgan fingerprint density at radius 1 is 0.885 bits per heavy atom. The van der Waals surface area contributed by atoms with Gasteiger partial charge in [0, 0.05) is 6.42 Å². The predicted molar refractivity (Wildman–Crippen MR) is 102 cm³/mol. The first kappa shape index (κ1) is 24.3. The maximum absolute atomic E-state index is 10.4. The molecule has 0 radical (unpaired) electrons. The van der Waals surface area contributed by atoms with E-state index in [1.165, 1.54) is 0 Å². The van der Waals surface area contributed by atoms with E-state index in [1.807, 2.05) is 36.5 Å². The van der Waals surface area contributed by atoms with Crippen LogP contribution in [0.3, 0.4) is 0 Å². The topological polar surface area (TPSA) is 96.2 Å². The Hall–Kier alpha value is -1.73. The maximum Gasteiger partial charge on any atom is 0.303 e. The molecule has 6 heteroatoms. The van der Waals surface area contributed by atoms with E-state index in [0.29, 0.717) is 12.8 Å². The number of aliphatic carboxylic acids is 1. The molecule has 26 heavy (non-hydrogen) atoms. The molecule has 0 aliphatic heterocycles. The van der Waals surface area contributed by atoms with Crippen LogP contribution in [0.25, 0.3) is 0 Å². The van der Waals surface area contributed by atoms with Crippen molar-refractivity contribution in [3.8, 4) is 0 Å². The first-order valence-electron chi connectivity index (χ1n) is 9.12. The Bertz CT molecular complexity index is 453. The lowest BCUT2D eigenvalue weighted by molar-refractivity contribution is -0.267. The van der Waals surface area contributed by atoms with Crippen molar-refractivity contribution in [3.63, 3.8) is 0 Å². The van der Waals surface area contributed by atoms with Gasteiger partial charge >= 0.3 is 5.97 Å². The highest BCUT2D eigenvalue weighted by atomic mass is 17.1. The molecule has 0 aromatic rings. The Balaban J connectivity index is 3.99. The first-order valence-corrected chi connectivity index (χ1v) is 9.12. The summed E-state index contributed by atoms with van der Waals surface area (Å²) in [5.74, 6) is -0.857. The lowest BCUT2D eigenvalue weighted by Gasteiger charge is -2.07. The van der Waals surface area contributed by atoms with E-state index in [0.717, 1.165) is 32.1 Å². The highest BCUT2D eigenvalue weighted by Crippen LogP contribution is 2.07. The summed E-state index contributed by atoms with van der Waals surface area (Å²) in [6.07, 6.45) is 19.8. The number of allylic oxidation sites excluding steroid dienone is 6. The fraction of sp³-hybridized carbons (Fsp3) is 0.550. The predicted octanol–water partition coefficient (Wildman–Crippen LogP) is 5.15. The van der Waals surface area contributed by atoms with E-state index in [1.54, 1.807) is 12.2 Å². The van der Waals surface area contributed by atoms with Crippen LogP contribution < -0.4 is 0 Å². The number of rotatable bonds is 16. The minimum Gasteiger partial charge on any atom is -0.481 e. The van der Waals surface area contributed by atoms with E-state index < -0.39 is 12.1 Å². The van der Waals surface area contributed by atoms with Crippen molar-refractivity contribution in [2.24, 2.45) is 0 Å². The fourth-order valence-electron chi connectivity index (χ4n) is 2.19. The van der Waals surface area contributed by atoms with Crippen molar-refractivity contribution in [2.75, 3.05) is 0 Å².